The Kier molecular flexibility index (Phi) is 7.14. The van der Waals surface area contributed by atoms with Crippen LogP contribution in [0.3, 0.4) is 0 Å². The zero-order valence-electron chi connectivity index (χ0n) is 16.6. The van der Waals surface area contributed by atoms with Crippen molar-refractivity contribution in [2.24, 2.45) is 5.92 Å². The molecule has 7 nitrogen and oxygen atoms in total. The number of hydrogen-bond donors (Lipinski definition) is 2. The number of carbonyl (C=O) groups is 2. The second-order valence-corrected chi connectivity index (χ2v) is 7.70. The molecule has 0 aliphatic carbocycles. The van der Waals surface area contributed by atoms with Crippen molar-refractivity contribution in [1.82, 2.24) is 15.1 Å². The Morgan fingerprint density at radius 2 is 1.86 bits per heavy atom. The Hall–Kier alpha value is -2.28. The number of urea groups is 1. The molecule has 0 saturated carbocycles. The van der Waals surface area contributed by atoms with E-state index in [9.17, 15) is 14.7 Å². The lowest BCUT2D eigenvalue weighted by Gasteiger charge is -2.36. The van der Waals surface area contributed by atoms with Gasteiger partial charge in [0.15, 0.2) is 0 Å². The van der Waals surface area contributed by atoms with Crippen LogP contribution >= 0.6 is 0 Å². The lowest BCUT2D eigenvalue weighted by molar-refractivity contribution is -0.143. The van der Waals surface area contributed by atoms with Crippen molar-refractivity contribution in [3.8, 4) is 5.75 Å². The minimum absolute atomic E-state index is 0.107. The highest BCUT2D eigenvalue weighted by molar-refractivity contribution is 5.76. The number of nitrogens with one attached hydrogen (secondary N) is 1. The number of hydrogen-bond acceptors (Lipinski definition) is 4. The van der Waals surface area contributed by atoms with Crippen molar-refractivity contribution in [2.75, 3.05) is 39.8 Å². The van der Waals surface area contributed by atoms with Crippen LogP contribution in [0.1, 0.15) is 43.7 Å². The summed E-state index contributed by atoms with van der Waals surface area (Å²) in [4.78, 5) is 28.0. The van der Waals surface area contributed by atoms with Gasteiger partial charge in [-0.1, -0.05) is 18.6 Å². The number of benzene rings is 1. The lowest BCUT2D eigenvalue weighted by atomic mass is 9.98. The Morgan fingerprint density at radius 3 is 2.50 bits per heavy atom. The molecule has 28 heavy (non-hydrogen) atoms. The fourth-order valence-electron chi connectivity index (χ4n) is 4.17. The first kappa shape index (κ1) is 20.5. The molecule has 1 aromatic carbocycles. The molecule has 154 valence electrons. The summed E-state index contributed by atoms with van der Waals surface area (Å²) in [6, 6.07) is 7.97. The summed E-state index contributed by atoms with van der Waals surface area (Å²) in [5.41, 5.74) is 1.16. The van der Waals surface area contributed by atoms with Gasteiger partial charge in [-0.15, -0.1) is 0 Å². The highest BCUT2D eigenvalue weighted by Crippen LogP contribution is 2.26. The zero-order chi connectivity index (χ0) is 19.9. The Bertz CT molecular complexity index is 658. The molecule has 0 radical (unpaired) electrons. The van der Waals surface area contributed by atoms with Crippen molar-refractivity contribution in [3.05, 3.63) is 29.8 Å². The number of rotatable bonds is 6. The molecular formula is C21H31N3O4. The second-order valence-electron chi connectivity index (χ2n) is 7.70. The average Bonchev–Trinajstić information content (AvgIpc) is 2.75. The molecule has 0 bridgehead atoms. The molecule has 0 aromatic heterocycles. The molecule has 2 heterocycles. The molecule has 2 saturated heterocycles. The minimum atomic E-state index is -0.818. The molecule has 2 N–H and O–H groups in total. The van der Waals surface area contributed by atoms with Crippen molar-refractivity contribution in [1.29, 1.82) is 0 Å². The summed E-state index contributed by atoms with van der Waals surface area (Å²) in [6.07, 6.45) is 4.97. The van der Waals surface area contributed by atoms with Crippen LogP contribution in [0.25, 0.3) is 0 Å². The van der Waals surface area contributed by atoms with Crippen LogP contribution in [-0.4, -0.2) is 66.7 Å². The monoisotopic (exact) mass is 389 g/mol. The first-order chi connectivity index (χ1) is 13.6. The SMILES string of the molecule is COc1ccc(C(CNC(=O)N2CCCC(C(=O)O)C2)N2CCCCC2)cc1. The number of methoxy groups -OCH3 is 1. The fourth-order valence-corrected chi connectivity index (χ4v) is 4.17. The topological polar surface area (TPSA) is 82.1 Å². The zero-order valence-corrected chi connectivity index (χ0v) is 16.6. The van der Waals surface area contributed by atoms with Gasteiger partial charge in [-0.25, -0.2) is 4.79 Å². The maximum absolute atomic E-state index is 12.7. The van der Waals surface area contributed by atoms with Gasteiger partial charge in [-0.2, -0.15) is 0 Å². The molecule has 2 aliphatic rings. The number of aliphatic carboxylic acids is 1. The summed E-state index contributed by atoms with van der Waals surface area (Å²) < 4.78 is 5.26. The van der Waals surface area contributed by atoms with Gasteiger partial charge in [0.2, 0.25) is 0 Å². The maximum atomic E-state index is 12.7. The highest BCUT2D eigenvalue weighted by Gasteiger charge is 2.29. The molecule has 2 aliphatic heterocycles. The van der Waals surface area contributed by atoms with E-state index in [1.807, 2.05) is 12.1 Å². The molecule has 1 aromatic rings. The van der Waals surface area contributed by atoms with Crippen LogP contribution in [0.2, 0.25) is 0 Å². The van der Waals surface area contributed by atoms with Crippen LogP contribution in [0.5, 0.6) is 5.75 Å². The molecule has 7 heteroatoms. The van der Waals surface area contributed by atoms with E-state index in [0.717, 1.165) is 30.8 Å². The molecule has 0 spiro atoms. The summed E-state index contributed by atoms with van der Waals surface area (Å²) in [7, 11) is 1.65. The van der Waals surface area contributed by atoms with E-state index in [1.54, 1.807) is 12.0 Å². The number of ether oxygens (including phenoxy) is 1. The Labute approximate surface area is 166 Å². The van der Waals surface area contributed by atoms with E-state index in [-0.39, 0.29) is 18.6 Å². The van der Waals surface area contributed by atoms with Crippen molar-refractivity contribution in [2.45, 2.75) is 38.1 Å². The van der Waals surface area contributed by atoms with Crippen molar-refractivity contribution < 1.29 is 19.4 Å². The minimum Gasteiger partial charge on any atom is -0.497 e. The van der Waals surface area contributed by atoms with Crippen LogP contribution < -0.4 is 10.1 Å². The summed E-state index contributed by atoms with van der Waals surface area (Å²) in [5.74, 6) is -0.459. The largest absolute Gasteiger partial charge is 0.497 e. The van der Waals surface area contributed by atoms with Gasteiger partial charge < -0.3 is 20.1 Å². The number of piperidine rings is 2. The van der Waals surface area contributed by atoms with Crippen molar-refractivity contribution >= 4 is 12.0 Å². The van der Waals surface area contributed by atoms with Gasteiger partial charge in [0.1, 0.15) is 5.75 Å². The number of amides is 2. The molecular weight excluding hydrogens is 358 g/mol. The fraction of sp³-hybridized carbons (Fsp3) is 0.619. The molecule has 3 rings (SSSR count). The molecule has 2 fully saturated rings. The average molecular weight is 389 g/mol. The van der Waals surface area contributed by atoms with E-state index < -0.39 is 11.9 Å². The molecule has 2 amide bonds. The van der Waals surface area contributed by atoms with Gasteiger partial charge in [0.25, 0.3) is 0 Å². The lowest BCUT2D eigenvalue weighted by Crippen LogP contribution is -2.49. The van der Waals surface area contributed by atoms with Gasteiger partial charge in [0.05, 0.1) is 19.1 Å². The molecule has 2 unspecified atom stereocenters. The van der Waals surface area contributed by atoms with E-state index in [4.69, 9.17) is 4.74 Å². The van der Waals surface area contributed by atoms with Gasteiger partial charge in [0, 0.05) is 19.6 Å². The van der Waals surface area contributed by atoms with Crippen LogP contribution in [0, 0.1) is 5.92 Å². The first-order valence-corrected chi connectivity index (χ1v) is 10.2. The Morgan fingerprint density at radius 1 is 1.14 bits per heavy atom. The molecule has 2 atom stereocenters. The number of carboxylic acid groups (broad SMARTS) is 1. The third-order valence-corrected chi connectivity index (χ3v) is 5.84. The van der Waals surface area contributed by atoms with Gasteiger partial charge in [-0.05, 0) is 56.5 Å². The van der Waals surface area contributed by atoms with E-state index in [0.29, 0.717) is 19.5 Å². The standard InChI is InChI=1S/C21H31N3O4/c1-28-18-9-7-16(8-10-18)19(23-11-3-2-4-12-23)14-22-21(27)24-13-5-6-17(15-24)20(25)26/h7-10,17,19H,2-6,11-15H2,1H3,(H,22,27)(H,25,26). The highest BCUT2D eigenvalue weighted by atomic mass is 16.5. The third kappa shape index (κ3) is 5.16. The van der Waals surface area contributed by atoms with E-state index in [1.165, 1.54) is 19.3 Å². The van der Waals surface area contributed by atoms with Crippen molar-refractivity contribution in [3.63, 3.8) is 0 Å². The van der Waals surface area contributed by atoms with E-state index in [2.05, 4.69) is 22.3 Å². The Balaban J connectivity index is 1.65. The van der Waals surface area contributed by atoms with Crippen LogP contribution in [0.4, 0.5) is 4.79 Å². The quantitative estimate of drug-likeness (QED) is 0.782. The third-order valence-electron chi connectivity index (χ3n) is 5.84. The normalized spacial score (nSPS) is 21.8. The number of carboxylic acids is 1. The van der Waals surface area contributed by atoms with Crippen LogP contribution in [0.15, 0.2) is 24.3 Å². The second kappa shape index (κ2) is 9.78. The number of nitrogens with zero attached hydrogens (tertiary/aromatic N) is 2. The maximum Gasteiger partial charge on any atom is 0.317 e. The smallest absolute Gasteiger partial charge is 0.317 e. The first-order valence-electron chi connectivity index (χ1n) is 10.2. The predicted octanol–water partition coefficient (Wildman–Crippen LogP) is 2.73. The number of likely N-dealkylation sites (tertiary alicyclic amines) is 2. The van der Waals surface area contributed by atoms with Crippen LogP contribution in [-0.2, 0) is 4.79 Å². The van der Waals surface area contributed by atoms with Gasteiger partial charge in [-0.3, -0.25) is 9.69 Å². The summed E-state index contributed by atoms with van der Waals surface area (Å²) >= 11 is 0. The van der Waals surface area contributed by atoms with E-state index >= 15 is 0 Å². The predicted molar refractivity (Wildman–Crippen MR) is 106 cm³/mol. The summed E-state index contributed by atoms with van der Waals surface area (Å²) in [6.45, 7) is 3.47. The number of carbonyl (C=O) groups excluding carboxylic acids is 1. The van der Waals surface area contributed by atoms with Gasteiger partial charge >= 0.3 is 12.0 Å². The summed E-state index contributed by atoms with van der Waals surface area (Å²) in [5, 5.41) is 12.3.